The third-order valence-electron chi connectivity index (χ3n) is 10.8. The molecule has 8 atom stereocenters. The average molecular weight is 775 g/mol. The van der Waals surface area contributed by atoms with Crippen molar-refractivity contribution in [3.63, 3.8) is 0 Å². The van der Waals surface area contributed by atoms with E-state index >= 15 is 0 Å². The minimum absolute atomic E-state index is 0.0220. The normalized spacial score (nSPS) is 30.5. The number of hydrogen-bond donors (Lipinski definition) is 0. The van der Waals surface area contributed by atoms with Gasteiger partial charge < -0.3 is 38.1 Å². The van der Waals surface area contributed by atoms with Gasteiger partial charge in [0.25, 0.3) is 0 Å². The van der Waals surface area contributed by atoms with Gasteiger partial charge in [0, 0.05) is 43.9 Å². The molecule has 0 radical (unpaired) electrons. The molecule has 0 bridgehead atoms. The number of aromatic nitrogens is 5. The van der Waals surface area contributed by atoms with Crippen LogP contribution < -0.4 is 4.90 Å². The lowest BCUT2D eigenvalue weighted by molar-refractivity contribution is -0.184. The molecule has 0 N–H and O–H groups in total. The zero-order chi connectivity index (χ0) is 37.2. The number of fused-ring (bicyclic) bond motifs is 2. The Hall–Kier alpha value is -2.57. The molecule has 5 fully saturated rings. The molecule has 5 heterocycles. The fourth-order valence-electron chi connectivity index (χ4n) is 8.19. The molecule has 0 spiro atoms. The van der Waals surface area contributed by atoms with Gasteiger partial charge in [-0.1, -0.05) is 30.0 Å². The van der Waals surface area contributed by atoms with Crippen LogP contribution in [0.4, 0.5) is 14.6 Å². The number of rotatable bonds is 16. The third-order valence-corrected chi connectivity index (χ3v) is 11.9. The van der Waals surface area contributed by atoms with E-state index in [0.717, 1.165) is 69.3 Å². The maximum atomic E-state index is 14.4. The number of thioether (sulfide) groups is 1. The number of hydrogen-bond acceptors (Lipinski definition) is 13. The van der Waals surface area contributed by atoms with Gasteiger partial charge in [0.05, 0.1) is 32.0 Å². The Morgan fingerprint density at radius 3 is 2.37 bits per heavy atom. The van der Waals surface area contributed by atoms with Crippen molar-refractivity contribution < 1.29 is 41.9 Å². The predicted molar refractivity (Wildman–Crippen MR) is 195 cm³/mol. The molecular weight excluding hydrogens is 723 g/mol. The summed E-state index contributed by atoms with van der Waals surface area (Å²) in [4.78, 5) is 12.3. The summed E-state index contributed by atoms with van der Waals surface area (Å²) in [6.45, 7) is 9.08. The van der Waals surface area contributed by atoms with E-state index in [0.29, 0.717) is 61.5 Å². The molecule has 3 saturated heterocycles. The topological polar surface area (TPSA) is 124 Å². The van der Waals surface area contributed by atoms with Crippen molar-refractivity contribution in [2.45, 2.75) is 138 Å². The van der Waals surface area contributed by atoms with E-state index in [2.05, 4.69) is 11.8 Å². The molecule has 296 valence electrons. The Bertz CT molecular complexity index is 1730. The van der Waals surface area contributed by atoms with Crippen molar-refractivity contribution in [3.05, 3.63) is 35.4 Å². The molecule has 5 aliphatic rings. The lowest BCUT2D eigenvalue weighted by Gasteiger charge is -2.27. The van der Waals surface area contributed by atoms with Crippen LogP contribution in [0.25, 0.3) is 11.2 Å². The Morgan fingerprint density at radius 2 is 1.65 bits per heavy atom. The Labute approximate surface area is 319 Å². The Kier molecular flexibility index (Phi) is 12.0. The second kappa shape index (κ2) is 16.9. The second-order valence-corrected chi connectivity index (χ2v) is 16.3. The van der Waals surface area contributed by atoms with Crippen LogP contribution >= 0.6 is 11.8 Å². The molecule has 2 unspecified atom stereocenters. The molecular formula is C38H52F2N6O7S. The molecule has 54 heavy (non-hydrogen) atoms. The molecule has 2 aromatic heterocycles. The minimum atomic E-state index is -0.857. The lowest BCUT2D eigenvalue weighted by atomic mass is 10.1. The zero-order valence-electron chi connectivity index (χ0n) is 31.4. The van der Waals surface area contributed by atoms with Crippen molar-refractivity contribution in [2.24, 2.45) is 0 Å². The molecule has 3 aliphatic heterocycles. The molecule has 16 heteroatoms. The number of benzene rings is 1. The summed E-state index contributed by atoms with van der Waals surface area (Å²) in [7, 11) is 0. The van der Waals surface area contributed by atoms with Crippen LogP contribution in [0.1, 0.15) is 96.1 Å². The molecule has 3 aromatic rings. The van der Waals surface area contributed by atoms with Gasteiger partial charge in [0.15, 0.2) is 52.1 Å². The van der Waals surface area contributed by atoms with E-state index in [1.54, 1.807) is 17.8 Å². The van der Waals surface area contributed by atoms with Crippen LogP contribution in [0, 0.1) is 11.6 Å². The van der Waals surface area contributed by atoms with Gasteiger partial charge in [-0.3, -0.25) is 0 Å². The monoisotopic (exact) mass is 774 g/mol. The second-order valence-electron chi connectivity index (χ2n) is 15.3. The predicted octanol–water partition coefficient (Wildman–Crippen LogP) is 6.30. The van der Waals surface area contributed by atoms with Crippen LogP contribution in [0.15, 0.2) is 23.4 Å². The SMILES string of the molecule is CCCSc1nc(N(CCOC2CCCCO2)[C@@H]2C[C@H]2c2ccc(F)c(F)c2)c2nnn([C@@H]3C[C@H](OCCOC4CCCCO4)[C@H]4OC(C)(C)O[C@H]43)c2n1. The molecule has 2 saturated carbocycles. The van der Waals surface area contributed by atoms with E-state index in [9.17, 15) is 8.78 Å². The van der Waals surface area contributed by atoms with E-state index in [1.807, 2.05) is 18.5 Å². The molecule has 8 rings (SSSR count). The highest BCUT2D eigenvalue weighted by molar-refractivity contribution is 7.99. The van der Waals surface area contributed by atoms with E-state index < -0.39 is 17.4 Å². The summed E-state index contributed by atoms with van der Waals surface area (Å²) in [5.41, 5.74) is 1.90. The number of anilines is 1. The fraction of sp³-hybridized carbons (Fsp3) is 0.737. The van der Waals surface area contributed by atoms with Gasteiger partial charge in [-0.2, -0.15) is 0 Å². The number of ether oxygens (including phenoxy) is 7. The van der Waals surface area contributed by atoms with Gasteiger partial charge in [-0.05, 0) is 82.9 Å². The van der Waals surface area contributed by atoms with Crippen LogP contribution in [0.5, 0.6) is 0 Å². The lowest BCUT2D eigenvalue weighted by Crippen LogP contribution is -2.34. The zero-order valence-corrected chi connectivity index (χ0v) is 32.2. The van der Waals surface area contributed by atoms with Gasteiger partial charge in [0.2, 0.25) is 0 Å². The summed E-state index contributed by atoms with van der Waals surface area (Å²) in [5.74, 6) is -1.06. The Balaban J connectivity index is 1.08. The molecule has 1 aromatic carbocycles. The van der Waals surface area contributed by atoms with Crippen molar-refractivity contribution in [2.75, 3.05) is 50.2 Å². The number of halogens is 2. The Morgan fingerprint density at radius 1 is 0.907 bits per heavy atom. The largest absolute Gasteiger partial charge is 0.373 e. The van der Waals surface area contributed by atoms with Crippen LogP contribution in [-0.4, -0.2) is 113 Å². The summed E-state index contributed by atoms with van der Waals surface area (Å²) in [6.07, 6.45) is 6.94. The van der Waals surface area contributed by atoms with Crippen molar-refractivity contribution in [1.29, 1.82) is 0 Å². The summed E-state index contributed by atoms with van der Waals surface area (Å²) < 4.78 is 73.2. The van der Waals surface area contributed by atoms with E-state index in [4.69, 9.17) is 53.4 Å². The van der Waals surface area contributed by atoms with Gasteiger partial charge >= 0.3 is 0 Å². The van der Waals surface area contributed by atoms with Crippen molar-refractivity contribution >= 4 is 28.7 Å². The van der Waals surface area contributed by atoms with Crippen LogP contribution in [0.2, 0.25) is 0 Å². The first kappa shape index (κ1) is 38.3. The van der Waals surface area contributed by atoms with E-state index in [1.165, 1.54) is 12.1 Å². The van der Waals surface area contributed by atoms with Crippen molar-refractivity contribution in [1.82, 2.24) is 25.0 Å². The molecule has 0 amide bonds. The van der Waals surface area contributed by atoms with Crippen LogP contribution in [-0.2, 0) is 33.2 Å². The van der Waals surface area contributed by atoms with E-state index in [-0.39, 0.29) is 48.9 Å². The quantitative estimate of drug-likeness (QED) is 0.0920. The van der Waals surface area contributed by atoms with Gasteiger partial charge in [-0.25, -0.2) is 23.4 Å². The minimum Gasteiger partial charge on any atom is -0.373 e. The highest BCUT2D eigenvalue weighted by atomic mass is 32.2. The summed E-state index contributed by atoms with van der Waals surface area (Å²) >= 11 is 1.58. The molecule has 2 aliphatic carbocycles. The molecule has 13 nitrogen and oxygen atoms in total. The highest BCUT2D eigenvalue weighted by Crippen LogP contribution is 2.49. The number of nitrogens with zero attached hydrogens (tertiary/aromatic N) is 6. The first-order chi connectivity index (χ1) is 26.3. The first-order valence-corrected chi connectivity index (χ1v) is 20.7. The van der Waals surface area contributed by atoms with Crippen molar-refractivity contribution in [3.8, 4) is 0 Å². The fourth-order valence-corrected chi connectivity index (χ4v) is 8.88. The maximum absolute atomic E-state index is 14.4. The summed E-state index contributed by atoms with van der Waals surface area (Å²) in [6, 6.07) is 3.85. The summed E-state index contributed by atoms with van der Waals surface area (Å²) in [5, 5.41) is 10.1. The van der Waals surface area contributed by atoms with Gasteiger partial charge in [0.1, 0.15) is 12.2 Å². The third kappa shape index (κ3) is 8.55. The van der Waals surface area contributed by atoms with Gasteiger partial charge in [-0.15, -0.1) is 5.10 Å². The smallest absolute Gasteiger partial charge is 0.191 e. The highest BCUT2D eigenvalue weighted by Gasteiger charge is 2.56. The average Bonchev–Trinajstić information content (AvgIpc) is 3.60. The standard InChI is InChI=1S/C38H52F2N6O7S/c1-4-19-54-37-41-35(45(13-16-50-30-9-5-7-14-48-30)27-21-24(27)23-11-12-25(39)26(40)20-23)32-36(42-37)46(44-43-32)28-22-29(34-33(28)52-38(2,3)53-34)47-17-18-51-31-10-6-8-15-49-31/h11-12,20,24,27-31,33-34H,4-10,13-19,21-22H2,1-3H3/t24-,27+,28+,29-,30?,31?,33-,34+/m0/s1. The first-order valence-electron chi connectivity index (χ1n) is 19.7. The van der Waals surface area contributed by atoms with Crippen LogP contribution in [0.3, 0.4) is 0 Å². The maximum Gasteiger partial charge on any atom is 0.191 e.